The molecule has 0 saturated carbocycles. The van der Waals surface area contributed by atoms with E-state index in [0.29, 0.717) is 23.3 Å². The van der Waals surface area contributed by atoms with Gasteiger partial charge in [-0.15, -0.1) is 0 Å². The lowest BCUT2D eigenvalue weighted by Crippen LogP contribution is -2.42. The number of halogens is 1. The van der Waals surface area contributed by atoms with E-state index < -0.39 is 0 Å². The lowest BCUT2D eigenvalue weighted by atomic mass is 10.1. The molecule has 2 saturated heterocycles. The van der Waals surface area contributed by atoms with Gasteiger partial charge in [-0.25, -0.2) is 4.39 Å². The van der Waals surface area contributed by atoms with Crippen LogP contribution in [-0.2, 0) is 6.61 Å². The number of nitrogens with one attached hydrogen (secondary N) is 1. The van der Waals surface area contributed by atoms with Crippen LogP contribution >= 0.6 is 0 Å². The third-order valence-corrected chi connectivity index (χ3v) is 4.96. The SMILES string of the molecule is O=C(c1ccc(COc2ccc(F)cc2)o1)N1C2CCNCC1CC2. The van der Waals surface area contributed by atoms with E-state index in [4.69, 9.17) is 9.15 Å². The molecule has 2 bridgehead atoms. The number of hydrogen-bond donors (Lipinski definition) is 1. The quantitative estimate of drug-likeness (QED) is 0.926. The smallest absolute Gasteiger partial charge is 0.290 e. The van der Waals surface area contributed by atoms with Crippen molar-refractivity contribution in [2.24, 2.45) is 0 Å². The minimum atomic E-state index is -0.306. The lowest BCUT2D eigenvalue weighted by Gasteiger charge is -2.26. The normalized spacial score (nSPS) is 22.7. The zero-order valence-corrected chi connectivity index (χ0v) is 13.9. The molecule has 1 aromatic carbocycles. The molecule has 25 heavy (non-hydrogen) atoms. The van der Waals surface area contributed by atoms with Gasteiger partial charge in [0.25, 0.3) is 5.91 Å². The fourth-order valence-corrected chi connectivity index (χ4v) is 3.70. The van der Waals surface area contributed by atoms with E-state index in [2.05, 4.69) is 5.32 Å². The largest absolute Gasteiger partial charge is 0.486 e. The topological polar surface area (TPSA) is 54.7 Å². The molecule has 1 aromatic heterocycles. The van der Waals surface area contributed by atoms with Crippen LogP contribution in [0.5, 0.6) is 5.75 Å². The molecule has 132 valence electrons. The fraction of sp³-hybridized carbons (Fsp3) is 0.421. The van der Waals surface area contributed by atoms with Crippen molar-refractivity contribution in [3.63, 3.8) is 0 Å². The Kier molecular flexibility index (Phi) is 4.44. The van der Waals surface area contributed by atoms with Crippen molar-refractivity contribution in [1.82, 2.24) is 10.2 Å². The highest BCUT2D eigenvalue weighted by molar-refractivity contribution is 5.92. The van der Waals surface area contributed by atoms with Gasteiger partial charge in [0.2, 0.25) is 0 Å². The van der Waals surface area contributed by atoms with Crippen molar-refractivity contribution in [2.45, 2.75) is 38.0 Å². The number of carbonyl (C=O) groups excluding carboxylic acids is 1. The first-order chi connectivity index (χ1) is 12.2. The molecular formula is C19H21FN2O3. The summed E-state index contributed by atoms with van der Waals surface area (Å²) in [5, 5.41) is 3.39. The van der Waals surface area contributed by atoms with E-state index >= 15 is 0 Å². The van der Waals surface area contributed by atoms with Crippen LogP contribution < -0.4 is 10.1 Å². The van der Waals surface area contributed by atoms with Crippen molar-refractivity contribution in [2.75, 3.05) is 13.1 Å². The number of furan rings is 1. The fourth-order valence-electron chi connectivity index (χ4n) is 3.70. The standard InChI is InChI=1S/C19H21FN2O3/c20-13-1-5-16(6-2-13)24-12-17-7-8-18(25-17)19(23)22-14-3-4-15(22)11-21-10-9-14/h1-2,5-8,14-15,21H,3-4,9-12H2. The molecule has 0 spiro atoms. The highest BCUT2D eigenvalue weighted by Crippen LogP contribution is 2.30. The summed E-state index contributed by atoms with van der Waals surface area (Å²) in [7, 11) is 0. The van der Waals surface area contributed by atoms with Crippen molar-refractivity contribution in [3.05, 3.63) is 53.7 Å². The molecule has 4 rings (SSSR count). The minimum Gasteiger partial charge on any atom is -0.486 e. The number of rotatable bonds is 4. The van der Waals surface area contributed by atoms with Crippen LogP contribution in [0.2, 0.25) is 0 Å². The molecule has 2 aliphatic rings. The molecule has 1 N–H and O–H groups in total. The number of nitrogens with zero attached hydrogens (tertiary/aromatic N) is 1. The highest BCUT2D eigenvalue weighted by Gasteiger charge is 2.39. The third kappa shape index (κ3) is 3.39. The van der Waals surface area contributed by atoms with Gasteiger partial charge in [0.1, 0.15) is 23.9 Å². The van der Waals surface area contributed by atoms with Crippen LogP contribution in [0.4, 0.5) is 4.39 Å². The van der Waals surface area contributed by atoms with E-state index in [9.17, 15) is 9.18 Å². The molecular weight excluding hydrogens is 323 g/mol. The van der Waals surface area contributed by atoms with Crippen molar-refractivity contribution in [1.29, 1.82) is 0 Å². The molecule has 0 aliphatic carbocycles. The third-order valence-electron chi connectivity index (χ3n) is 4.96. The van der Waals surface area contributed by atoms with Crippen LogP contribution in [0.1, 0.15) is 35.6 Å². The Morgan fingerprint density at radius 1 is 1.16 bits per heavy atom. The second-order valence-electron chi connectivity index (χ2n) is 6.60. The Balaban J connectivity index is 1.42. The average molecular weight is 344 g/mol. The zero-order chi connectivity index (χ0) is 17.2. The van der Waals surface area contributed by atoms with Crippen molar-refractivity contribution >= 4 is 5.91 Å². The van der Waals surface area contributed by atoms with Crippen LogP contribution in [0.3, 0.4) is 0 Å². The zero-order valence-electron chi connectivity index (χ0n) is 13.9. The predicted molar refractivity (Wildman–Crippen MR) is 89.9 cm³/mol. The van der Waals surface area contributed by atoms with Gasteiger partial charge in [-0.05, 0) is 62.2 Å². The van der Waals surface area contributed by atoms with Gasteiger partial charge in [0.15, 0.2) is 5.76 Å². The molecule has 0 radical (unpaired) electrons. The molecule has 6 heteroatoms. The highest BCUT2D eigenvalue weighted by atomic mass is 19.1. The predicted octanol–water partition coefficient (Wildman–Crippen LogP) is 2.96. The van der Waals surface area contributed by atoms with Gasteiger partial charge in [-0.2, -0.15) is 0 Å². The molecule has 1 amide bonds. The average Bonchev–Trinajstić information content (AvgIpc) is 3.17. The molecule has 2 fully saturated rings. The molecule has 2 aliphatic heterocycles. The van der Waals surface area contributed by atoms with Crippen molar-refractivity contribution < 1.29 is 18.3 Å². The second-order valence-corrected chi connectivity index (χ2v) is 6.60. The summed E-state index contributed by atoms with van der Waals surface area (Å²) in [5.41, 5.74) is 0. The minimum absolute atomic E-state index is 0.0377. The number of ether oxygens (including phenoxy) is 1. The first-order valence-corrected chi connectivity index (χ1v) is 8.71. The number of fused-ring (bicyclic) bond motifs is 2. The maximum absolute atomic E-state index is 12.9. The molecule has 3 heterocycles. The van der Waals surface area contributed by atoms with Crippen LogP contribution in [0.15, 0.2) is 40.8 Å². The second kappa shape index (κ2) is 6.88. The Labute approximate surface area is 145 Å². The van der Waals surface area contributed by atoms with Crippen molar-refractivity contribution in [3.8, 4) is 5.75 Å². The van der Waals surface area contributed by atoms with E-state index in [1.54, 1.807) is 24.3 Å². The van der Waals surface area contributed by atoms with Gasteiger partial charge in [0.05, 0.1) is 0 Å². The van der Waals surface area contributed by atoms with E-state index in [0.717, 1.165) is 32.4 Å². The molecule has 5 nitrogen and oxygen atoms in total. The summed E-state index contributed by atoms with van der Waals surface area (Å²) in [6.07, 6.45) is 3.10. The first kappa shape index (κ1) is 16.1. The van der Waals surface area contributed by atoms with Gasteiger partial charge < -0.3 is 19.4 Å². The molecule has 2 atom stereocenters. The van der Waals surface area contributed by atoms with E-state index in [-0.39, 0.29) is 24.4 Å². The number of benzene rings is 1. The van der Waals surface area contributed by atoms with Gasteiger partial charge in [-0.1, -0.05) is 0 Å². The molecule has 2 aromatic rings. The Morgan fingerprint density at radius 3 is 2.80 bits per heavy atom. The number of amides is 1. The number of carbonyl (C=O) groups is 1. The number of hydrogen-bond acceptors (Lipinski definition) is 4. The summed E-state index contributed by atoms with van der Waals surface area (Å²) in [5.74, 6) is 1.15. The summed E-state index contributed by atoms with van der Waals surface area (Å²) in [6, 6.07) is 9.84. The van der Waals surface area contributed by atoms with Crippen LogP contribution in [0.25, 0.3) is 0 Å². The maximum Gasteiger partial charge on any atom is 0.290 e. The Morgan fingerprint density at radius 2 is 1.96 bits per heavy atom. The lowest BCUT2D eigenvalue weighted by molar-refractivity contribution is 0.0643. The first-order valence-electron chi connectivity index (χ1n) is 8.71. The Hall–Kier alpha value is -2.34. The van der Waals surface area contributed by atoms with E-state index in [1.807, 2.05) is 4.90 Å². The summed E-state index contributed by atoms with van der Waals surface area (Å²) < 4.78 is 24.2. The van der Waals surface area contributed by atoms with Gasteiger partial charge >= 0.3 is 0 Å². The summed E-state index contributed by atoms with van der Waals surface area (Å²) >= 11 is 0. The monoisotopic (exact) mass is 344 g/mol. The van der Waals surface area contributed by atoms with Gasteiger partial charge in [-0.3, -0.25) is 4.79 Å². The van der Waals surface area contributed by atoms with Crippen LogP contribution in [0, 0.1) is 5.82 Å². The Bertz CT molecular complexity index is 729. The van der Waals surface area contributed by atoms with Gasteiger partial charge in [0, 0.05) is 18.6 Å². The molecule has 2 unspecified atom stereocenters. The van der Waals surface area contributed by atoms with E-state index in [1.165, 1.54) is 12.1 Å². The van der Waals surface area contributed by atoms with Crippen LogP contribution in [-0.4, -0.2) is 36.0 Å². The maximum atomic E-state index is 12.9. The summed E-state index contributed by atoms with van der Waals surface area (Å²) in [4.78, 5) is 14.8. The summed E-state index contributed by atoms with van der Waals surface area (Å²) in [6.45, 7) is 2.01.